The van der Waals surface area contributed by atoms with E-state index in [0.717, 1.165) is 6.42 Å². The second kappa shape index (κ2) is 6.05. The number of benzene rings is 1. The summed E-state index contributed by atoms with van der Waals surface area (Å²) in [6.45, 7) is 2.64. The van der Waals surface area contributed by atoms with Crippen LogP contribution in [0.15, 0.2) is 29.2 Å². The van der Waals surface area contributed by atoms with Crippen molar-refractivity contribution < 1.29 is 13.6 Å². The Bertz CT molecular complexity index is 1080. The van der Waals surface area contributed by atoms with Gasteiger partial charge in [0.1, 0.15) is 18.2 Å². The first-order valence-electron chi connectivity index (χ1n) is 8.27. The Morgan fingerprint density at radius 1 is 1.31 bits per heavy atom. The molecule has 6 nitrogen and oxygen atoms in total. The van der Waals surface area contributed by atoms with E-state index in [-0.39, 0.29) is 23.6 Å². The maximum atomic E-state index is 14.4. The molecule has 1 aromatic carbocycles. The fourth-order valence-corrected chi connectivity index (χ4v) is 3.02. The lowest BCUT2D eigenvalue weighted by atomic mass is 10.0. The molecular weight excluding hydrogens is 342 g/mol. The van der Waals surface area contributed by atoms with Gasteiger partial charge in [-0.2, -0.15) is 0 Å². The first-order chi connectivity index (χ1) is 12.5. The topological polar surface area (TPSA) is 71.0 Å². The molecule has 4 rings (SSSR count). The lowest BCUT2D eigenvalue weighted by Gasteiger charge is -2.30. The Morgan fingerprint density at radius 2 is 2.08 bits per heavy atom. The smallest absolute Gasteiger partial charge is 0.328 e. The van der Waals surface area contributed by atoms with Gasteiger partial charge in [0.2, 0.25) is 5.91 Å². The zero-order valence-electron chi connectivity index (χ0n) is 14.1. The summed E-state index contributed by atoms with van der Waals surface area (Å²) in [7, 11) is 0. The Morgan fingerprint density at radius 3 is 2.77 bits per heavy atom. The zero-order chi connectivity index (χ0) is 18.4. The van der Waals surface area contributed by atoms with E-state index < -0.39 is 17.3 Å². The number of nitrogens with one attached hydrogen (secondary N) is 1. The van der Waals surface area contributed by atoms with E-state index in [0.29, 0.717) is 29.8 Å². The number of aromatic nitrogens is 3. The van der Waals surface area contributed by atoms with E-state index in [9.17, 15) is 18.4 Å². The number of aromatic amines is 1. The van der Waals surface area contributed by atoms with Gasteiger partial charge in [-0.25, -0.2) is 18.6 Å². The molecule has 8 heteroatoms. The highest BCUT2D eigenvalue weighted by molar-refractivity contribution is 5.82. The first-order valence-corrected chi connectivity index (χ1v) is 8.27. The average molecular weight is 358 g/mol. The molecule has 3 aromatic rings. The molecule has 1 amide bonds. The van der Waals surface area contributed by atoms with Gasteiger partial charge >= 0.3 is 5.69 Å². The van der Waals surface area contributed by atoms with Crippen LogP contribution in [0.4, 0.5) is 8.78 Å². The highest BCUT2D eigenvalue weighted by Gasteiger charge is 2.22. The van der Waals surface area contributed by atoms with Crippen molar-refractivity contribution in [2.75, 3.05) is 13.1 Å². The van der Waals surface area contributed by atoms with E-state index in [1.165, 1.54) is 29.8 Å². The van der Waals surface area contributed by atoms with Crippen molar-refractivity contribution in [1.29, 1.82) is 0 Å². The van der Waals surface area contributed by atoms with Crippen LogP contribution in [0, 0.1) is 18.6 Å². The van der Waals surface area contributed by atoms with Crippen molar-refractivity contribution >= 4 is 17.1 Å². The quantitative estimate of drug-likeness (QED) is 0.780. The fourth-order valence-electron chi connectivity index (χ4n) is 3.02. The first kappa shape index (κ1) is 16.4. The normalized spacial score (nSPS) is 13.9. The number of H-pyrrole nitrogens is 1. The predicted octanol–water partition coefficient (Wildman–Crippen LogP) is 2.21. The number of hydrogen-bond acceptors (Lipinski definition) is 3. The zero-order valence-corrected chi connectivity index (χ0v) is 14.1. The molecular formula is C18H16F2N4O2. The fraction of sp³-hybridized carbons (Fsp3) is 0.278. The van der Waals surface area contributed by atoms with E-state index in [4.69, 9.17) is 0 Å². The number of imidazole rings is 1. The molecule has 0 radical (unpaired) electrons. The summed E-state index contributed by atoms with van der Waals surface area (Å²) in [5.41, 5.74) is 0.781. The van der Waals surface area contributed by atoms with Gasteiger partial charge in [0, 0.05) is 36.0 Å². The third kappa shape index (κ3) is 2.58. The van der Waals surface area contributed by atoms with Crippen LogP contribution in [0.3, 0.4) is 0 Å². The minimum atomic E-state index is -0.674. The summed E-state index contributed by atoms with van der Waals surface area (Å²) < 4.78 is 29.2. The number of pyridine rings is 1. The Balaban J connectivity index is 1.79. The predicted molar refractivity (Wildman–Crippen MR) is 91.6 cm³/mol. The number of carbonyl (C=O) groups excluding carboxylic acids is 1. The SMILES string of the molecule is Cc1c(F)ccc(-c2cnc3[nH]c(=O)n(CC(=O)N4CCC4)c3c2)c1F. The second-order valence-corrected chi connectivity index (χ2v) is 6.38. The molecule has 0 unspecified atom stereocenters. The standard InChI is InChI=1S/C18H16F2N4O2/c1-10-13(19)4-3-12(16(10)20)11-7-14-17(21-8-11)22-18(26)24(14)9-15(25)23-5-2-6-23/h3-4,7-8H,2,5-6,9H2,1H3,(H,21,22,26). The number of halogens is 2. The van der Waals surface area contributed by atoms with E-state index >= 15 is 0 Å². The third-order valence-corrected chi connectivity index (χ3v) is 4.76. The maximum Gasteiger partial charge on any atom is 0.328 e. The molecule has 0 spiro atoms. The molecule has 2 aromatic heterocycles. The average Bonchev–Trinajstić information content (AvgIpc) is 2.86. The number of rotatable bonds is 3. The summed E-state index contributed by atoms with van der Waals surface area (Å²) in [4.78, 5) is 32.8. The van der Waals surface area contributed by atoms with Crippen molar-refractivity contribution in [2.45, 2.75) is 19.9 Å². The summed E-state index contributed by atoms with van der Waals surface area (Å²) in [5.74, 6) is -1.44. The second-order valence-electron chi connectivity index (χ2n) is 6.38. The maximum absolute atomic E-state index is 14.4. The molecule has 1 N–H and O–H groups in total. The Labute approximate surface area is 147 Å². The number of likely N-dealkylation sites (tertiary alicyclic amines) is 1. The summed E-state index contributed by atoms with van der Waals surface area (Å²) in [5, 5.41) is 0. The summed E-state index contributed by atoms with van der Waals surface area (Å²) in [6, 6.07) is 4.11. The minimum absolute atomic E-state index is 0.0815. The van der Waals surface area contributed by atoms with Crippen molar-refractivity contribution in [2.24, 2.45) is 0 Å². The van der Waals surface area contributed by atoms with Gasteiger partial charge in [-0.1, -0.05) is 0 Å². The van der Waals surface area contributed by atoms with Crippen LogP contribution in [-0.2, 0) is 11.3 Å². The number of amides is 1. The minimum Gasteiger partial charge on any atom is -0.341 e. The Kier molecular flexibility index (Phi) is 3.82. The monoisotopic (exact) mass is 358 g/mol. The molecule has 26 heavy (non-hydrogen) atoms. The molecule has 1 aliphatic rings. The summed E-state index contributed by atoms with van der Waals surface area (Å²) in [6.07, 6.45) is 2.37. The van der Waals surface area contributed by atoms with E-state index in [1.54, 1.807) is 11.0 Å². The molecule has 1 fully saturated rings. The molecule has 3 heterocycles. The largest absolute Gasteiger partial charge is 0.341 e. The number of carbonyl (C=O) groups is 1. The van der Waals surface area contributed by atoms with Crippen molar-refractivity contribution in [3.05, 3.63) is 52.1 Å². The molecule has 0 saturated carbocycles. The van der Waals surface area contributed by atoms with Crippen molar-refractivity contribution in [1.82, 2.24) is 19.4 Å². The Hall–Kier alpha value is -3.03. The van der Waals surface area contributed by atoms with Crippen LogP contribution < -0.4 is 5.69 Å². The van der Waals surface area contributed by atoms with Crippen LogP contribution in [0.1, 0.15) is 12.0 Å². The molecule has 0 bridgehead atoms. The van der Waals surface area contributed by atoms with Crippen LogP contribution in [0.25, 0.3) is 22.3 Å². The van der Waals surface area contributed by atoms with E-state index in [1.807, 2.05) is 0 Å². The van der Waals surface area contributed by atoms with Gasteiger partial charge in [0.25, 0.3) is 0 Å². The van der Waals surface area contributed by atoms with Crippen LogP contribution >= 0.6 is 0 Å². The van der Waals surface area contributed by atoms with Crippen LogP contribution in [0.2, 0.25) is 0 Å². The van der Waals surface area contributed by atoms with Crippen molar-refractivity contribution in [3.63, 3.8) is 0 Å². The third-order valence-electron chi connectivity index (χ3n) is 4.76. The van der Waals surface area contributed by atoms with Gasteiger partial charge in [-0.05, 0) is 31.5 Å². The summed E-state index contributed by atoms with van der Waals surface area (Å²) >= 11 is 0. The number of fused-ring (bicyclic) bond motifs is 1. The lowest BCUT2D eigenvalue weighted by molar-refractivity contribution is -0.135. The van der Waals surface area contributed by atoms with Gasteiger partial charge in [-0.15, -0.1) is 0 Å². The van der Waals surface area contributed by atoms with Crippen molar-refractivity contribution in [3.8, 4) is 11.1 Å². The van der Waals surface area contributed by atoms with Gasteiger partial charge in [0.05, 0.1) is 5.52 Å². The van der Waals surface area contributed by atoms with Gasteiger partial charge in [0.15, 0.2) is 5.65 Å². The molecule has 1 aliphatic heterocycles. The number of nitrogens with zero attached hydrogens (tertiary/aromatic N) is 3. The van der Waals surface area contributed by atoms with E-state index in [2.05, 4.69) is 9.97 Å². The highest BCUT2D eigenvalue weighted by Crippen LogP contribution is 2.27. The van der Waals surface area contributed by atoms with Crippen LogP contribution in [-0.4, -0.2) is 38.4 Å². The van der Waals surface area contributed by atoms with Gasteiger partial charge in [-0.3, -0.25) is 14.3 Å². The highest BCUT2D eigenvalue weighted by atomic mass is 19.1. The molecule has 1 saturated heterocycles. The lowest BCUT2D eigenvalue weighted by Crippen LogP contribution is -2.44. The molecule has 0 atom stereocenters. The molecule has 0 aliphatic carbocycles. The molecule has 134 valence electrons. The number of hydrogen-bond donors (Lipinski definition) is 1. The van der Waals surface area contributed by atoms with Gasteiger partial charge < -0.3 is 4.90 Å². The van der Waals surface area contributed by atoms with Crippen LogP contribution in [0.5, 0.6) is 0 Å².